The molecule has 0 spiro atoms. The van der Waals surface area contributed by atoms with Gasteiger partial charge < -0.3 is 51.2 Å². The number of hydrogen-bond acceptors (Lipinski definition) is 12. The lowest BCUT2D eigenvalue weighted by molar-refractivity contribution is -0.131. The van der Waals surface area contributed by atoms with Crippen LogP contribution in [0.25, 0.3) is 11.2 Å². The number of rotatable bonds is 12. The maximum absolute atomic E-state index is 13.0. The van der Waals surface area contributed by atoms with Crippen LogP contribution in [0, 0.1) is 0 Å². The molecular formula is C40H44N10O7. The Kier molecular flexibility index (Phi) is 10.6. The van der Waals surface area contributed by atoms with E-state index in [0.29, 0.717) is 49.0 Å². The Bertz CT molecular complexity index is 2200. The first-order valence-electron chi connectivity index (χ1n) is 18.9. The number of phenolic OH excluding ortho intramolecular Hbond substituents is 1. The van der Waals surface area contributed by atoms with Gasteiger partial charge in [0.15, 0.2) is 17.0 Å². The van der Waals surface area contributed by atoms with Gasteiger partial charge in [-0.15, -0.1) is 0 Å². The van der Waals surface area contributed by atoms with Gasteiger partial charge in [-0.2, -0.15) is 9.97 Å². The van der Waals surface area contributed by atoms with E-state index in [1.165, 1.54) is 6.33 Å². The van der Waals surface area contributed by atoms with Gasteiger partial charge in [-0.1, -0.05) is 72.8 Å². The SMILES string of the molecule is O=C(NCc1cccc(O)c1)NC1CCN(c2nc(NCC(c3ccccc3)c3ccccc3)c3ncn(C4CC(N5C(=O)NC(CO)C5=O)C(O)C4O)c3n2)C1. The smallest absolute Gasteiger partial charge is 0.325 e. The van der Waals surface area contributed by atoms with E-state index in [1.54, 1.807) is 22.8 Å². The third kappa shape index (κ3) is 7.64. The summed E-state index contributed by atoms with van der Waals surface area (Å²) in [6, 6.07) is 22.5. The second-order valence-corrected chi connectivity index (χ2v) is 14.6. The number of phenols is 1. The lowest BCUT2D eigenvalue weighted by Gasteiger charge is -2.24. The largest absolute Gasteiger partial charge is 0.508 e. The summed E-state index contributed by atoms with van der Waals surface area (Å²) in [4.78, 5) is 56.0. The summed E-state index contributed by atoms with van der Waals surface area (Å²) in [5, 5.41) is 53.8. The normalized spacial score (nSPS) is 23.4. The molecule has 1 aliphatic carbocycles. The fourth-order valence-corrected chi connectivity index (χ4v) is 8.06. The summed E-state index contributed by atoms with van der Waals surface area (Å²) in [7, 11) is 0. The number of hydrogen-bond donors (Lipinski definition) is 8. The van der Waals surface area contributed by atoms with Gasteiger partial charge in [-0.05, 0) is 41.7 Å². The van der Waals surface area contributed by atoms with E-state index >= 15 is 0 Å². The lowest BCUT2D eigenvalue weighted by Crippen LogP contribution is -2.47. The van der Waals surface area contributed by atoms with Crippen molar-refractivity contribution in [1.29, 1.82) is 0 Å². The van der Waals surface area contributed by atoms with E-state index in [1.807, 2.05) is 47.4 Å². The number of fused-ring (bicyclic) bond motifs is 1. The van der Waals surface area contributed by atoms with Crippen LogP contribution in [-0.4, -0.2) is 119 Å². The highest BCUT2D eigenvalue weighted by atomic mass is 16.3. The molecule has 0 radical (unpaired) electrons. The number of nitrogens with zero attached hydrogens (tertiary/aromatic N) is 6. The third-order valence-electron chi connectivity index (χ3n) is 11.0. The Morgan fingerprint density at radius 1 is 0.930 bits per heavy atom. The molecule has 6 atom stereocenters. The number of carbonyl (C=O) groups excluding carboxylic acids is 3. The van der Waals surface area contributed by atoms with E-state index in [2.05, 4.69) is 50.5 Å². The molecule has 3 fully saturated rings. The molecule has 5 aromatic rings. The first-order chi connectivity index (χ1) is 27.7. The standard InChI is InChI=1S/C40H44N10O7/c51-21-29-37(55)50(40(57)45-29)31-17-30(33(53)34(31)54)49-22-43-32-35(41-19-28(24-9-3-1-4-10-24)25-11-5-2-6-12-25)46-38(47-36(32)49)48-15-14-26(20-48)44-39(56)42-18-23-8-7-13-27(52)16-23/h1-13,16,22,26,28-31,33-34,51-54H,14-15,17-21H2,(H,45,57)(H,41,46,47)(H2,42,44,56). The van der Waals surface area contributed by atoms with Crippen LogP contribution in [0.4, 0.5) is 21.4 Å². The number of nitrogens with one attached hydrogen (secondary N) is 4. The number of amides is 5. The minimum Gasteiger partial charge on any atom is -0.508 e. The average Bonchev–Trinajstić information content (AvgIpc) is 4.00. The molecule has 4 heterocycles. The zero-order chi connectivity index (χ0) is 39.6. The van der Waals surface area contributed by atoms with E-state index in [4.69, 9.17) is 9.97 Å². The van der Waals surface area contributed by atoms with E-state index in [9.17, 15) is 34.8 Å². The van der Waals surface area contributed by atoms with E-state index in [-0.39, 0.29) is 36.7 Å². The molecule has 5 amide bonds. The zero-order valence-corrected chi connectivity index (χ0v) is 30.8. The Labute approximate surface area is 327 Å². The first-order valence-corrected chi connectivity index (χ1v) is 18.9. The predicted octanol–water partition coefficient (Wildman–Crippen LogP) is 1.80. The number of carbonyl (C=O) groups is 3. The maximum atomic E-state index is 13.0. The van der Waals surface area contributed by atoms with Gasteiger partial charge in [0.25, 0.3) is 5.91 Å². The molecule has 296 valence electrons. The van der Waals surface area contributed by atoms with Crippen molar-refractivity contribution < 1.29 is 34.8 Å². The number of benzene rings is 3. The van der Waals surface area contributed by atoms with Gasteiger partial charge in [-0.25, -0.2) is 14.6 Å². The molecule has 3 aromatic carbocycles. The van der Waals surface area contributed by atoms with Crippen molar-refractivity contribution in [3.63, 3.8) is 0 Å². The molecule has 2 aromatic heterocycles. The minimum atomic E-state index is -1.47. The summed E-state index contributed by atoms with van der Waals surface area (Å²) in [6.45, 7) is 1.02. The summed E-state index contributed by atoms with van der Waals surface area (Å²) >= 11 is 0. The number of imidazole rings is 1. The zero-order valence-electron chi connectivity index (χ0n) is 30.8. The highest BCUT2D eigenvalue weighted by molar-refractivity contribution is 6.04. The predicted molar refractivity (Wildman–Crippen MR) is 208 cm³/mol. The Balaban J connectivity index is 1.08. The fraction of sp³-hybridized carbons (Fsp3) is 0.350. The summed E-state index contributed by atoms with van der Waals surface area (Å²) in [5.74, 6) is 0.184. The van der Waals surface area contributed by atoms with Crippen LogP contribution >= 0.6 is 0 Å². The van der Waals surface area contributed by atoms with Gasteiger partial charge in [0.05, 0.1) is 25.0 Å². The van der Waals surface area contributed by atoms with Crippen LogP contribution in [0.2, 0.25) is 0 Å². The number of aliphatic hydroxyl groups is 3. The maximum Gasteiger partial charge on any atom is 0.325 e. The van der Waals surface area contributed by atoms with Crippen molar-refractivity contribution in [2.24, 2.45) is 0 Å². The molecule has 3 aliphatic rings. The summed E-state index contributed by atoms with van der Waals surface area (Å²) in [5.41, 5.74) is 3.73. The number of imide groups is 1. The third-order valence-corrected chi connectivity index (χ3v) is 11.0. The topological polar surface area (TPSA) is 230 Å². The molecule has 0 bridgehead atoms. The highest BCUT2D eigenvalue weighted by Gasteiger charge is 2.52. The average molecular weight is 777 g/mol. The van der Waals surface area contributed by atoms with Crippen LogP contribution in [-0.2, 0) is 11.3 Å². The number of urea groups is 2. The fourth-order valence-electron chi connectivity index (χ4n) is 8.06. The number of aromatic hydroxyl groups is 1. The van der Waals surface area contributed by atoms with Crippen molar-refractivity contribution in [3.05, 3.63) is 108 Å². The van der Waals surface area contributed by atoms with Crippen LogP contribution < -0.4 is 26.2 Å². The van der Waals surface area contributed by atoms with Crippen LogP contribution in [0.3, 0.4) is 0 Å². The molecule has 17 heteroatoms. The van der Waals surface area contributed by atoms with Crippen LogP contribution in [0.15, 0.2) is 91.3 Å². The van der Waals surface area contributed by atoms with Crippen molar-refractivity contribution >= 4 is 40.9 Å². The molecule has 8 N–H and O–H groups in total. The van der Waals surface area contributed by atoms with Gasteiger partial charge >= 0.3 is 12.1 Å². The van der Waals surface area contributed by atoms with Crippen molar-refractivity contribution in [2.45, 2.75) is 61.7 Å². The van der Waals surface area contributed by atoms with Gasteiger partial charge in [0.1, 0.15) is 24.0 Å². The van der Waals surface area contributed by atoms with Crippen molar-refractivity contribution in [2.75, 3.05) is 36.5 Å². The number of aliphatic hydroxyl groups excluding tert-OH is 3. The Hall–Kier alpha value is -6.30. The number of aromatic nitrogens is 4. The lowest BCUT2D eigenvalue weighted by atomic mass is 9.91. The van der Waals surface area contributed by atoms with Crippen molar-refractivity contribution in [1.82, 2.24) is 40.4 Å². The highest BCUT2D eigenvalue weighted by Crippen LogP contribution is 2.38. The van der Waals surface area contributed by atoms with Gasteiger partial charge in [0.2, 0.25) is 5.95 Å². The van der Waals surface area contributed by atoms with E-state index < -0.39 is 48.9 Å². The quantitative estimate of drug-likeness (QED) is 0.0849. The molecule has 8 rings (SSSR count). The second-order valence-electron chi connectivity index (χ2n) is 14.6. The molecular weight excluding hydrogens is 733 g/mol. The number of anilines is 2. The molecule has 1 saturated carbocycles. The summed E-state index contributed by atoms with van der Waals surface area (Å²) in [6.07, 6.45) is -0.736. The second kappa shape index (κ2) is 16.0. The van der Waals surface area contributed by atoms with Gasteiger partial charge in [-0.3, -0.25) is 9.69 Å². The van der Waals surface area contributed by atoms with E-state index in [0.717, 1.165) is 21.6 Å². The molecule has 2 aliphatic heterocycles. The van der Waals surface area contributed by atoms with Crippen LogP contribution in [0.5, 0.6) is 5.75 Å². The van der Waals surface area contributed by atoms with Crippen LogP contribution in [0.1, 0.15) is 41.5 Å². The summed E-state index contributed by atoms with van der Waals surface area (Å²) < 4.78 is 1.65. The molecule has 17 nitrogen and oxygen atoms in total. The Morgan fingerprint density at radius 3 is 2.33 bits per heavy atom. The molecule has 6 unspecified atom stereocenters. The Morgan fingerprint density at radius 2 is 1.65 bits per heavy atom. The minimum absolute atomic E-state index is 0.00467. The molecule has 57 heavy (non-hydrogen) atoms. The molecule has 2 saturated heterocycles. The first kappa shape index (κ1) is 37.6. The monoisotopic (exact) mass is 776 g/mol. The van der Waals surface area contributed by atoms with Gasteiger partial charge in [0, 0.05) is 38.1 Å². The van der Waals surface area contributed by atoms with Crippen molar-refractivity contribution in [3.8, 4) is 5.75 Å².